The van der Waals surface area contributed by atoms with Crippen LogP contribution in [0.4, 0.5) is 18.3 Å². The van der Waals surface area contributed by atoms with Crippen molar-refractivity contribution in [3.05, 3.63) is 33.0 Å². The van der Waals surface area contributed by atoms with Gasteiger partial charge < -0.3 is 30.5 Å². The molecule has 3 aliphatic heterocycles. The zero-order chi connectivity index (χ0) is 30.1. The predicted molar refractivity (Wildman–Crippen MR) is 137 cm³/mol. The summed E-state index contributed by atoms with van der Waals surface area (Å²) in [5.74, 6) is -7.06. The molecule has 0 bridgehead atoms. The molecule has 14 nitrogen and oxygen atoms in total. The van der Waals surface area contributed by atoms with E-state index in [-0.39, 0.29) is 38.0 Å². The van der Waals surface area contributed by atoms with E-state index in [1.165, 1.54) is 12.5 Å². The number of halogens is 3. The number of hydrogen-bond acceptors (Lipinski definition) is 14. The Kier molecular flexibility index (Phi) is 8.83. The number of thiazole rings is 1. The van der Waals surface area contributed by atoms with E-state index in [0.29, 0.717) is 6.26 Å². The number of aliphatic carboxylic acids is 1. The second kappa shape index (κ2) is 12.0. The summed E-state index contributed by atoms with van der Waals surface area (Å²) in [6, 6.07) is -1.76. The molecule has 3 aliphatic rings. The average Bonchev–Trinajstić information content (AvgIpc) is 3.34. The lowest BCUT2D eigenvalue weighted by Crippen LogP contribution is -2.72. The van der Waals surface area contributed by atoms with Crippen molar-refractivity contribution >= 4 is 75.2 Å². The summed E-state index contributed by atoms with van der Waals surface area (Å²) in [5.41, 5.74) is 5.17. The van der Waals surface area contributed by atoms with Crippen LogP contribution in [0.25, 0.3) is 0 Å². The summed E-state index contributed by atoms with van der Waals surface area (Å²) in [4.78, 5) is 70.7. The number of nitrogens with zero attached hydrogens (tertiary/aromatic N) is 3. The van der Waals surface area contributed by atoms with Gasteiger partial charge in [-0.15, -0.1) is 34.9 Å². The highest BCUT2D eigenvalue weighted by Gasteiger charge is 2.54. The van der Waals surface area contributed by atoms with Crippen molar-refractivity contribution in [3.8, 4) is 0 Å². The van der Waals surface area contributed by atoms with Gasteiger partial charge in [-0.2, -0.15) is 13.2 Å². The molecular formula is C21H18F3N5O9S3. The van der Waals surface area contributed by atoms with Gasteiger partial charge in [0.1, 0.15) is 31.2 Å². The van der Waals surface area contributed by atoms with Gasteiger partial charge >= 0.3 is 18.1 Å². The zero-order valence-electron chi connectivity index (χ0n) is 20.5. The van der Waals surface area contributed by atoms with Crippen molar-refractivity contribution in [1.29, 1.82) is 0 Å². The molecule has 4 N–H and O–H groups in total. The molecule has 4 rings (SSSR count). The Labute approximate surface area is 240 Å². The number of esters is 1. The molecule has 0 aliphatic carbocycles. The molecule has 3 unspecified atom stereocenters. The highest BCUT2D eigenvalue weighted by Crippen LogP contribution is 2.44. The molecule has 2 amide bonds. The predicted octanol–water partition coefficient (Wildman–Crippen LogP) is 0.810. The second-order valence-corrected chi connectivity index (χ2v) is 11.4. The SMILES string of the molecule is CON=C(C(=O)NC1C(=O)N2C(C(=O)O)=C(SCC3CC(=O)C(OC(=O)C(F)(F)F)=CO3)SCC12)c1csc(N)n1. The Hall–Kier alpha value is -3.78. The van der Waals surface area contributed by atoms with Gasteiger partial charge in [-0.1, -0.05) is 5.16 Å². The van der Waals surface area contributed by atoms with Gasteiger partial charge in [0.15, 0.2) is 16.5 Å². The number of carbonyl (C=O) groups excluding carboxylic acids is 4. The standard InChI is InChI=1S/C21H18F3N5O9S3/c1-36-28-12(8-5-41-20(25)26-8)15(31)27-13-9-6-40-18(14(17(33)34)29(9)16(13)32)39-4-7-2-10(30)11(3-37-7)38-19(35)21(22,23)24/h3,5,7,9,13H,2,4,6H2,1H3,(H2,25,26)(H,27,31)(H,33,34). The number of oxime groups is 1. The smallest absolute Gasteiger partial charge is 0.491 e. The number of nitrogens with one attached hydrogen (secondary N) is 1. The fourth-order valence-corrected chi connectivity index (χ4v) is 6.90. The van der Waals surface area contributed by atoms with Gasteiger partial charge in [-0.25, -0.2) is 14.6 Å². The van der Waals surface area contributed by atoms with Gasteiger partial charge in [0.2, 0.25) is 11.5 Å². The molecule has 0 radical (unpaired) electrons. The fourth-order valence-electron chi connectivity index (χ4n) is 3.76. The Balaban J connectivity index is 1.40. The number of carbonyl (C=O) groups is 5. The maximum atomic E-state index is 12.9. The number of rotatable bonds is 9. The molecule has 1 saturated heterocycles. The van der Waals surface area contributed by atoms with Crippen LogP contribution >= 0.6 is 34.9 Å². The third kappa shape index (κ3) is 6.43. The van der Waals surface area contributed by atoms with Crippen LogP contribution in [-0.4, -0.2) is 93.2 Å². The number of thioether (sulfide) groups is 2. The number of aromatic nitrogens is 1. The maximum Gasteiger partial charge on any atom is 0.491 e. The van der Waals surface area contributed by atoms with Gasteiger partial charge in [-0.05, 0) is 0 Å². The normalized spacial score (nSPS) is 22.7. The van der Waals surface area contributed by atoms with Crippen molar-refractivity contribution in [2.45, 2.75) is 30.8 Å². The van der Waals surface area contributed by atoms with Crippen LogP contribution < -0.4 is 11.1 Å². The first kappa shape index (κ1) is 30.2. The molecular weight excluding hydrogens is 619 g/mol. The monoisotopic (exact) mass is 637 g/mol. The van der Waals surface area contributed by atoms with Crippen molar-refractivity contribution in [3.63, 3.8) is 0 Å². The number of fused-ring (bicyclic) bond motifs is 1. The summed E-state index contributed by atoms with van der Waals surface area (Å²) < 4.78 is 46.6. The second-order valence-electron chi connectivity index (χ2n) is 8.24. The first-order valence-electron chi connectivity index (χ1n) is 11.2. The Morgan fingerprint density at radius 3 is 2.68 bits per heavy atom. The van der Waals surface area contributed by atoms with Gasteiger partial charge in [0.25, 0.3) is 11.8 Å². The van der Waals surface area contributed by atoms with Crippen molar-refractivity contribution in [2.75, 3.05) is 24.3 Å². The number of nitrogen functional groups attached to an aromatic ring is 1. The Morgan fingerprint density at radius 1 is 1.37 bits per heavy atom. The number of carboxylic acid groups (broad SMARTS) is 1. The number of allylic oxidation sites excluding steroid dienone is 1. The Bertz CT molecular complexity index is 1390. The first-order chi connectivity index (χ1) is 19.3. The third-order valence-electron chi connectivity index (χ3n) is 5.58. The van der Waals surface area contributed by atoms with E-state index in [4.69, 9.17) is 15.3 Å². The molecule has 20 heteroatoms. The van der Waals surface area contributed by atoms with Crippen LogP contribution in [0.15, 0.2) is 32.5 Å². The summed E-state index contributed by atoms with van der Waals surface area (Å²) in [5, 5.41) is 17.7. The third-order valence-corrected chi connectivity index (χ3v) is 8.92. The van der Waals surface area contributed by atoms with E-state index >= 15 is 0 Å². The van der Waals surface area contributed by atoms with Crippen LogP contribution in [0.3, 0.4) is 0 Å². The summed E-state index contributed by atoms with van der Waals surface area (Å²) in [6.07, 6.45) is -6.00. The lowest BCUT2D eigenvalue weighted by Gasteiger charge is -2.49. The van der Waals surface area contributed by atoms with Crippen LogP contribution in [-0.2, 0) is 38.3 Å². The van der Waals surface area contributed by atoms with Crippen LogP contribution in [0.1, 0.15) is 12.1 Å². The first-order valence-corrected chi connectivity index (χ1v) is 14.0. The summed E-state index contributed by atoms with van der Waals surface area (Å²) >= 11 is 3.12. The molecule has 41 heavy (non-hydrogen) atoms. The number of hydrogen-bond donors (Lipinski definition) is 3. The summed E-state index contributed by atoms with van der Waals surface area (Å²) in [6.45, 7) is 0. The maximum absolute atomic E-state index is 12.9. The summed E-state index contributed by atoms with van der Waals surface area (Å²) in [7, 11) is 1.21. The molecule has 1 fully saturated rings. The van der Waals surface area contributed by atoms with Gasteiger partial charge in [0, 0.05) is 16.9 Å². The van der Waals surface area contributed by atoms with Crippen LogP contribution in [0, 0.1) is 0 Å². The van der Waals surface area contributed by atoms with Crippen molar-refractivity contribution < 1.29 is 56.6 Å². The number of β-lactam (4-membered cyclic amide) rings is 1. The van der Waals surface area contributed by atoms with E-state index < -0.39 is 66.1 Å². The number of anilines is 1. The van der Waals surface area contributed by atoms with Gasteiger partial charge in [-0.3, -0.25) is 19.3 Å². The van der Waals surface area contributed by atoms with Crippen molar-refractivity contribution in [1.82, 2.24) is 15.2 Å². The molecule has 0 saturated carbocycles. The number of nitrogens with two attached hydrogens (primary N) is 1. The number of carboxylic acids is 1. The molecule has 3 atom stereocenters. The molecule has 1 aromatic heterocycles. The molecule has 4 heterocycles. The van der Waals surface area contributed by atoms with E-state index in [0.717, 1.165) is 39.8 Å². The average molecular weight is 638 g/mol. The lowest BCUT2D eigenvalue weighted by atomic mass is 9.95. The number of alkyl halides is 3. The number of amides is 2. The minimum absolute atomic E-state index is 0.0116. The number of Topliss-reactive ketones (excluding diaryl/α,β-unsaturated/α-hetero) is 1. The van der Waals surface area contributed by atoms with E-state index in [2.05, 4.69) is 20.2 Å². The minimum atomic E-state index is -5.30. The number of ketones is 1. The molecule has 0 aromatic carbocycles. The Morgan fingerprint density at radius 2 is 2.10 bits per heavy atom. The van der Waals surface area contributed by atoms with E-state index in [9.17, 15) is 42.3 Å². The van der Waals surface area contributed by atoms with Crippen LogP contribution in [0.5, 0.6) is 0 Å². The lowest BCUT2D eigenvalue weighted by molar-refractivity contribution is -0.196. The molecule has 220 valence electrons. The highest BCUT2D eigenvalue weighted by atomic mass is 32.2. The minimum Gasteiger partial charge on any atom is -0.493 e. The molecule has 1 aromatic rings. The largest absolute Gasteiger partial charge is 0.493 e. The number of ether oxygens (including phenoxy) is 2. The quantitative estimate of drug-likeness (QED) is 0.149. The fraction of sp³-hybridized carbons (Fsp3) is 0.381. The molecule has 0 spiro atoms. The van der Waals surface area contributed by atoms with Gasteiger partial charge in [0.05, 0.1) is 16.7 Å². The topological polar surface area (TPSA) is 200 Å². The van der Waals surface area contributed by atoms with Crippen molar-refractivity contribution in [2.24, 2.45) is 5.16 Å². The van der Waals surface area contributed by atoms with Crippen LogP contribution in [0.2, 0.25) is 0 Å². The van der Waals surface area contributed by atoms with E-state index in [1.54, 1.807) is 0 Å². The van der Waals surface area contributed by atoms with E-state index in [1.807, 2.05) is 0 Å². The zero-order valence-corrected chi connectivity index (χ0v) is 22.9. The highest BCUT2D eigenvalue weighted by molar-refractivity contribution is 8.22.